The third-order valence-electron chi connectivity index (χ3n) is 2.53. The highest BCUT2D eigenvalue weighted by Crippen LogP contribution is 2.16. The molecule has 0 spiro atoms. The number of rotatable bonds is 5. The standard InChI is InChI=1S/C14H14O3/c1-11(12-6-3-2-4-7-12)17-10-13(15)14-8-5-9-16-14/h2-9,11H,10H2,1H3. The number of furan rings is 1. The van der Waals surface area contributed by atoms with Crippen molar-refractivity contribution >= 4 is 5.78 Å². The second kappa shape index (κ2) is 5.46. The molecule has 0 aliphatic carbocycles. The molecule has 1 aromatic carbocycles. The van der Waals surface area contributed by atoms with Gasteiger partial charge >= 0.3 is 0 Å². The minimum atomic E-state index is -0.141. The van der Waals surface area contributed by atoms with Gasteiger partial charge in [0, 0.05) is 0 Å². The average molecular weight is 230 g/mol. The summed E-state index contributed by atoms with van der Waals surface area (Å²) in [5.41, 5.74) is 1.06. The predicted molar refractivity (Wildman–Crippen MR) is 63.8 cm³/mol. The molecule has 0 saturated carbocycles. The highest BCUT2D eigenvalue weighted by molar-refractivity contribution is 5.94. The van der Waals surface area contributed by atoms with Crippen LogP contribution in [0.3, 0.4) is 0 Å². The van der Waals surface area contributed by atoms with Gasteiger partial charge in [-0.15, -0.1) is 0 Å². The van der Waals surface area contributed by atoms with Gasteiger partial charge in [0.1, 0.15) is 6.61 Å². The van der Waals surface area contributed by atoms with Crippen LogP contribution in [0.5, 0.6) is 0 Å². The van der Waals surface area contributed by atoms with Gasteiger partial charge in [0.05, 0.1) is 12.4 Å². The summed E-state index contributed by atoms with van der Waals surface area (Å²) in [5, 5.41) is 0. The van der Waals surface area contributed by atoms with Gasteiger partial charge < -0.3 is 9.15 Å². The van der Waals surface area contributed by atoms with E-state index in [9.17, 15) is 4.79 Å². The van der Waals surface area contributed by atoms with Crippen LogP contribution in [0, 0.1) is 0 Å². The Morgan fingerprint density at radius 1 is 1.24 bits per heavy atom. The van der Waals surface area contributed by atoms with Gasteiger partial charge in [-0.2, -0.15) is 0 Å². The maximum Gasteiger partial charge on any atom is 0.223 e. The van der Waals surface area contributed by atoms with Crippen molar-refractivity contribution < 1.29 is 13.9 Å². The summed E-state index contributed by atoms with van der Waals surface area (Å²) in [6.07, 6.45) is 1.38. The molecule has 3 heteroatoms. The Morgan fingerprint density at radius 2 is 2.00 bits per heavy atom. The number of carbonyl (C=O) groups is 1. The van der Waals surface area contributed by atoms with E-state index in [1.807, 2.05) is 37.3 Å². The molecule has 88 valence electrons. The Balaban J connectivity index is 1.89. The van der Waals surface area contributed by atoms with Crippen LogP contribution in [0.2, 0.25) is 0 Å². The number of carbonyl (C=O) groups excluding carboxylic acids is 1. The Hall–Kier alpha value is -1.87. The summed E-state index contributed by atoms with van der Waals surface area (Å²) in [4.78, 5) is 11.6. The van der Waals surface area contributed by atoms with Crippen LogP contribution in [0.15, 0.2) is 53.1 Å². The lowest BCUT2D eigenvalue weighted by Gasteiger charge is -2.12. The van der Waals surface area contributed by atoms with E-state index in [2.05, 4.69) is 0 Å². The van der Waals surface area contributed by atoms with E-state index in [0.29, 0.717) is 5.76 Å². The highest BCUT2D eigenvalue weighted by atomic mass is 16.5. The summed E-state index contributed by atoms with van der Waals surface area (Å²) < 4.78 is 10.5. The zero-order valence-electron chi connectivity index (χ0n) is 9.63. The van der Waals surface area contributed by atoms with E-state index >= 15 is 0 Å². The summed E-state index contributed by atoms with van der Waals surface area (Å²) in [6.45, 7) is 1.95. The molecule has 0 bridgehead atoms. The van der Waals surface area contributed by atoms with Crippen molar-refractivity contribution in [3.05, 3.63) is 60.1 Å². The van der Waals surface area contributed by atoms with Crippen LogP contribution < -0.4 is 0 Å². The summed E-state index contributed by atoms with van der Waals surface area (Å²) in [6, 6.07) is 13.1. The van der Waals surface area contributed by atoms with Crippen molar-refractivity contribution in [2.45, 2.75) is 13.0 Å². The molecule has 2 aromatic rings. The van der Waals surface area contributed by atoms with Gasteiger partial charge in [-0.1, -0.05) is 30.3 Å². The number of hydrogen-bond acceptors (Lipinski definition) is 3. The van der Waals surface area contributed by atoms with Crippen LogP contribution in [0.25, 0.3) is 0 Å². The zero-order valence-corrected chi connectivity index (χ0v) is 9.63. The van der Waals surface area contributed by atoms with Crippen molar-refractivity contribution in [1.29, 1.82) is 0 Å². The maximum atomic E-state index is 11.6. The summed E-state index contributed by atoms with van der Waals surface area (Å²) in [5.74, 6) is 0.197. The molecule has 0 aliphatic heterocycles. The molecule has 2 rings (SSSR count). The monoisotopic (exact) mass is 230 g/mol. The van der Waals surface area contributed by atoms with Gasteiger partial charge in [0.2, 0.25) is 5.78 Å². The first-order chi connectivity index (χ1) is 8.27. The van der Waals surface area contributed by atoms with E-state index in [4.69, 9.17) is 9.15 Å². The highest BCUT2D eigenvalue weighted by Gasteiger charge is 2.12. The molecule has 1 unspecified atom stereocenters. The van der Waals surface area contributed by atoms with Crippen LogP contribution in [0.1, 0.15) is 29.1 Å². The van der Waals surface area contributed by atoms with Gasteiger partial charge in [0.25, 0.3) is 0 Å². The van der Waals surface area contributed by atoms with Crippen LogP contribution in [0.4, 0.5) is 0 Å². The average Bonchev–Trinajstić information content (AvgIpc) is 2.90. The molecule has 3 nitrogen and oxygen atoms in total. The first-order valence-electron chi connectivity index (χ1n) is 5.50. The maximum absolute atomic E-state index is 11.6. The van der Waals surface area contributed by atoms with E-state index in [-0.39, 0.29) is 18.5 Å². The number of benzene rings is 1. The van der Waals surface area contributed by atoms with E-state index in [1.165, 1.54) is 6.26 Å². The first kappa shape index (κ1) is 11.6. The lowest BCUT2D eigenvalue weighted by Crippen LogP contribution is -2.10. The molecule has 0 fully saturated rings. The Kier molecular flexibility index (Phi) is 3.73. The minimum absolute atomic E-state index is 0.0313. The third-order valence-corrected chi connectivity index (χ3v) is 2.53. The van der Waals surface area contributed by atoms with Crippen LogP contribution in [-0.4, -0.2) is 12.4 Å². The topological polar surface area (TPSA) is 39.4 Å². The quantitative estimate of drug-likeness (QED) is 0.740. The minimum Gasteiger partial charge on any atom is -0.461 e. The Labute approximate surface area is 100 Å². The van der Waals surface area contributed by atoms with Crippen molar-refractivity contribution in [2.24, 2.45) is 0 Å². The second-order valence-electron chi connectivity index (χ2n) is 3.76. The molecule has 0 saturated heterocycles. The van der Waals surface area contributed by atoms with Crippen molar-refractivity contribution in [3.63, 3.8) is 0 Å². The first-order valence-corrected chi connectivity index (χ1v) is 5.50. The lowest BCUT2D eigenvalue weighted by molar-refractivity contribution is 0.0500. The van der Waals surface area contributed by atoms with Gasteiger partial charge in [-0.05, 0) is 24.6 Å². The number of ketones is 1. The molecule has 17 heavy (non-hydrogen) atoms. The molecule has 0 amide bonds. The van der Waals surface area contributed by atoms with Gasteiger partial charge in [0.15, 0.2) is 5.76 Å². The lowest BCUT2D eigenvalue weighted by atomic mass is 10.1. The molecule has 1 heterocycles. The summed E-state index contributed by atoms with van der Waals surface area (Å²) >= 11 is 0. The molecular weight excluding hydrogens is 216 g/mol. The molecule has 0 radical (unpaired) electrons. The van der Waals surface area contributed by atoms with Crippen molar-refractivity contribution in [3.8, 4) is 0 Å². The SMILES string of the molecule is CC(OCC(=O)c1ccco1)c1ccccc1. The Morgan fingerprint density at radius 3 is 2.65 bits per heavy atom. The second-order valence-corrected chi connectivity index (χ2v) is 3.76. The third kappa shape index (κ3) is 3.04. The molecule has 0 N–H and O–H groups in total. The predicted octanol–water partition coefficient (Wildman–Crippen LogP) is 3.24. The van der Waals surface area contributed by atoms with Gasteiger partial charge in [-0.25, -0.2) is 0 Å². The smallest absolute Gasteiger partial charge is 0.223 e. The van der Waals surface area contributed by atoms with Crippen molar-refractivity contribution in [1.82, 2.24) is 0 Å². The van der Waals surface area contributed by atoms with Crippen LogP contribution in [-0.2, 0) is 4.74 Å². The Bertz CT molecular complexity index is 459. The fraction of sp³-hybridized carbons (Fsp3) is 0.214. The normalized spacial score (nSPS) is 12.3. The van der Waals surface area contributed by atoms with E-state index in [1.54, 1.807) is 12.1 Å². The number of hydrogen-bond donors (Lipinski definition) is 0. The zero-order chi connectivity index (χ0) is 12.1. The van der Waals surface area contributed by atoms with Crippen molar-refractivity contribution in [2.75, 3.05) is 6.61 Å². The summed E-state index contributed by atoms with van der Waals surface area (Å²) in [7, 11) is 0. The molecule has 1 atom stereocenters. The fourth-order valence-electron chi connectivity index (χ4n) is 1.53. The van der Waals surface area contributed by atoms with Crippen LogP contribution >= 0.6 is 0 Å². The van der Waals surface area contributed by atoms with E-state index < -0.39 is 0 Å². The number of ether oxygens (including phenoxy) is 1. The largest absolute Gasteiger partial charge is 0.461 e. The van der Waals surface area contributed by atoms with Gasteiger partial charge in [-0.3, -0.25) is 4.79 Å². The molecular formula is C14H14O3. The molecule has 0 aliphatic rings. The fourth-order valence-corrected chi connectivity index (χ4v) is 1.53. The van der Waals surface area contributed by atoms with E-state index in [0.717, 1.165) is 5.56 Å². The number of Topliss-reactive ketones (excluding diaryl/α,β-unsaturated/α-hetero) is 1. The molecule has 1 aromatic heterocycles.